The molecule has 1 N–H and O–H groups in total. The topological polar surface area (TPSA) is 80.0 Å². The Hall–Kier alpha value is -1.38. The van der Waals surface area contributed by atoms with Crippen molar-refractivity contribution in [2.24, 2.45) is 0 Å². The van der Waals surface area contributed by atoms with Gasteiger partial charge in [0, 0.05) is 26.2 Å². The molecule has 2 aromatic rings. The van der Waals surface area contributed by atoms with E-state index in [4.69, 9.17) is 4.52 Å². The summed E-state index contributed by atoms with van der Waals surface area (Å²) in [5, 5.41) is 11.5. The monoisotopic (exact) mass is 294 g/mol. The summed E-state index contributed by atoms with van der Waals surface area (Å²) in [4.78, 5) is 7.69. The van der Waals surface area contributed by atoms with E-state index in [2.05, 4.69) is 43.8 Å². The molecule has 0 aromatic carbocycles. The molecule has 0 spiro atoms. The van der Waals surface area contributed by atoms with Crippen LogP contribution in [0.2, 0.25) is 0 Å². The van der Waals surface area contributed by atoms with Crippen molar-refractivity contribution in [3.63, 3.8) is 0 Å². The molecule has 1 fully saturated rings. The fourth-order valence-corrected chi connectivity index (χ4v) is 2.94. The number of hydrogen-bond acceptors (Lipinski definition) is 8. The molecule has 3 rings (SSSR count). The van der Waals surface area contributed by atoms with Gasteiger partial charge in [0.15, 0.2) is 5.82 Å². The lowest BCUT2D eigenvalue weighted by atomic mass is 10.1. The second-order valence-electron chi connectivity index (χ2n) is 5.18. The van der Waals surface area contributed by atoms with Gasteiger partial charge in [-0.3, -0.25) is 4.90 Å². The van der Waals surface area contributed by atoms with Crippen LogP contribution in [0.4, 0.5) is 0 Å². The van der Waals surface area contributed by atoms with Gasteiger partial charge in [0.05, 0.1) is 12.2 Å². The SMILES string of the molecule is CC(C)c1nnsc1-c1nc(CN2CCNCC2)no1. The average molecular weight is 294 g/mol. The Morgan fingerprint density at radius 1 is 1.35 bits per heavy atom. The molecule has 0 radical (unpaired) electrons. The van der Waals surface area contributed by atoms with Crippen LogP contribution in [0.5, 0.6) is 0 Å². The molecule has 8 heteroatoms. The van der Waals surface area contributed by atoms with Crippen LogP contribution in [-0.4, -0.2) is 50.8 Å². The van der Waals surface area contributed by atoms with E-state index < -0.39 is 0 Å². The molecule has 7 nitrogen and oxygen atoms in total. The van der Waals surface area contributed by atoms with Crippen molar-refractivity contribution in [1.29, 1.82) is 0 Å². The summed E-state index contributed by atoms with van der Waals surface area (Å²) in [6.45, 7) is 8.96. The third-order valence-electron chi connectivity index (χ3n) is 3.30. The van der Waals surface area contributed by atoms with Crippen LogP contribution in [0.15, 0.2) is 4.52 Å². The molecule has 1 aliphatic heterocycles. The first kappa shape index (κ1) is 13.6. The van der Waals surface area contributed by atoms with Gasteiger partial charge in [0.1, 0.15) is 4.88 Å². The smallest absolute Gasteiger partial charge is 0.271 e. The highest BCUT2D eigenvalue weighted by Gasteiger charge is 2.20. The Kier molecular flexibility index (Phi) is 4.04. The van der Waals surface area contributed by atoms with Crippen molar-refractivity contribution < 1.29 is 4.52 Å². The highest BCUT2D eigenvalue weighted by Crippen LogP contribution is 2.29. The van der Waals surface area contributed by atoms with Gasteiger partial charge in [-0.05, 0) is 17.5 Å². The zero-order chi connectivity index (χ0) is 13.9. The molecule has 0 unspecified atom stereocenters. The van der Waals surface area contributed by atoms with Gasteiger partial charge in [0.2, 0.25) is 0 Å². The van der Waals surface area contributed by atoms with Gasteiger partial charge in [-0.2, -0.15) is 4.98 Å². The fourth-order valence-electron chi connectivity index (χ4n) is 2.20. The van der Waals surface area contributed by atoms with Crippen LogP contribution >= 0.6 is 11.5 Å². The van der Waals surface area contributed by atoms with Gasteiger partial charge in [0.25, 0.3) is 5.89 Å². The zero-order valence-corrected chi connectivity index (χ0v) is 12.5. The van der Waals surface area contributed by atoms with Crippen LogP contribution in [0, 0.1) is 0 Å². The van der Waals surface area contributed by atoms with Gasteiger partial charge in [-0.15, -0.1) is 5.10 Å². The first-order valence-corrected chi connectivity index (χ1v) is 7.59. The van der Waals surface area contributed by atoms with Crippen molar-refractivity contribution in [1.82, 2.24) is 29.9 Å². The Balaban J connectivity index is 1.74. The van der Waals surface area contributed by atoms with Crippen LogP contribution in [-0.2, 0) is 6.54 Å². The number of nitrogens with zero attached hydrogens (tertiary/aromatic N) is 5. The quantitative estimate of drug-likeness (QED) is 0.905. The second-order valence-corrected chi connectivity index (χ2v) is 5.94. The van der Waals surface area contributed by atoms with Crippen LogP contribution in [0.25, 0.3) is 10.8 Å². The Morgan fingerprint density at radius 2 is 2.15 bits per heavy atom. The van der Waals surface area contributed by atoms with Crippen molar-refractivity contribution >= 4 is 11.5 Å². The molecule has 20 heavy (non-hydrogen) atoms. The molecule has 2 aromatic heterocycles. The number of hydrogen-bond donors (Lipinski definition) is 1. The molecule has 108 valence electrons. The van der Waals surface area contributed by atoms with E-state index in [0.29, 0.717) is 11.8 Å². The molecule has 0 atom stereocenters. The molecular weight excluding hydrogens is 276 g/mol. The lowest BCUT2D eigenvalue weighted by Gasteiger charge is -2.25. The Bertz CT molecular complexity index is 560. The van der Waals surface area contributed by atoms with Crippen molar-refractivity contribution in [3.05, 3.63) is 11.5 Å². The summed E-state index contributed by atoms with van der Waals surface area (Å²) < 4.78 is 9.36. The highest BCUT2D eigenvalue weighted by molar-refractivity contribution is 7.09. The van der Waals surface area contributed by atoms with Crippen LogP contribution < -0.4 is 5.32 Å². The maximum Gasteiger partial charge on any atom is 0.271 e. The molecule has 1 saturated heterocycles. The van der Waals surface area contributed by atoms with Crippen molar-refractivity contribution in [2.45, 2.75) is 26.3 Å². The average Bonchev–Trinajstić information content (AvgIpc) is 3.07. The minimum atomic E-state index is 0.298. The van der Waals surface area contributed by atoms with Crippen molar-refractivity contribution in [3.8, 4) is 10.8 Å². The Labute approximate surface area is 121 Å². The first-order chi connectivity index (χ1) is 9.74. The summed E-state index contributed by atoms with van der Waals surface area (Å²) in [5.74, 6) is 1.56. The van der Waals surface area contributed by atoms with E-state index in [-0.39, 0.29) is 0 Å². The largest absolute Gasteiger partial charge is 0.333 e. The van der Waals surface area contributed by atoms with Gasteiger partial charge in [-0.25, -0.2) is 0 Å². The third-order valence-corrected chi connectivity index (χ3v) is 4.03. The zero-order valence-electron chi connectivity index (χ0n) is 11.7. The summed E-state index contributed by atoms with van der Waals surface area (Å²) >= 11 is 1.31. The van der Waals surface area contributed by atoms with Gasteiger partial charge in [-0.1, -0.05) is 23.5 Å². The maximum atomic E-state index is 5.37. The van der Waals surface area contributed by atoms with E-state index in [0.717, 1.165) is 49.1 Å². The van der Waals surface area contributed by atoms with Gasteiger partial charge >= 0.3 is 0 Å². The second kappa shape index (κ2) is 5.94. The summed E-state index contributed by atoms with van der Waals surface area (Å²) in [5.41, 5.74) is 0.923. The predicted octanol–water partition coefficient (Wildman–Crippen LogP) is 1.12. The number of piperazine rings is 1. The minimum absolute atomic E-state index is 0.298. The van der Waals surface area contributed by atoms with Crippen LogP contribution in [0.1, 0.15) is 31.3 Å². The molecule has 1 aliphatic rings. The normalized spacial score (nSPS) is 16.9. The summed E-state index contributed by atoms with van der Waals surface area (Å²) in [7, 11) is 0. The van der Waals surface area contributed by atoms with E-state index in [1.165, 1.54) is 11.5 Å². The molecule has 0 saturated carbocycles. The number of rotatable bonds is 4. The number of nitrogens with one attached hydrogen (secondary N) is 1. The van der Waals surface area contributed by atoms with Crippen molar-refractivity contribution in [2.75, 3.05) is 26.2 Å². The Morgan fingerprint density at radius 3 is 2.90 bits per heavy atom. The standard InChI is InChI=1S/C12H18N6OS/c1-8(2)10-11(20-17-15-10)12-14-9(16-19-12)7-18-5-3-13-4-6-18/h8,13H,3-7H2,1-2H3. The maximum absolute atomic E-state index is 5.37. The molecule has 3 heterocycles. The minimum Gasteiger partial charge on any atom is -0.333 e. The molecule has 0 aliphatic carbocycles. The summed E-state index contributed by atoms with van der Waals surface area (Å²) in [6, 6.07) is 0. The van der Waals surface area contributed by atoms with E-state index in [1.807, 2.05) is 0 Å². The summed E-state index contributed by atoms with van der Waals surface area (Å²) in [6.07, 6.45) is 0. The predicted molar refractivity (Wildman–Crippen MR) is 75.4 cm³/mol. The molecular formula is C12H18N6OS. The van der Waals surface area contributed by atoms with E-state index >= 15 is 0 Å². The first-order valence-electron chi connectivity index (χ1n) is 6.82. The lowest BCUT2D eigenvalue weighted by Crippen LogP contribution is -2.43. The van der Waals surface area contributed by atoms with Crippen LogP contribution in [0.3, 0.4) is 0 Å². The third kappa shape index (κ3) is 2.87. The van der Waals surface area contributed by atoms with E-state index in [9.17, 15) is 0 Å². The number of aromatic nitrogens is 4. The van der Waals surface area contributed by atoms with Gasteiger partial charge < -0.3 is 9.84 Å². The van der Waals surface area contributed by atoms with E-state index in [1.54, 1.807) is 0 Å². The highest BCUT2D eigenvalue weighted by atomic mass is 32.1. The fraction of sp³-hybridized carbons (Fsp3) is 0.667. The molecule has 0 amide bonds. The molecule has 0 bridgehead atoms. The lowest BCUT2D eigenvalue weighted by molar-refractivity contribution is 0.225.